The van der Waals surface area contributed by atoms with Crippen molar-refractivity contribution >= 4 is 41.7 Å². The van der Waals surface area contributed by atoms with Crippen molar-refractivity contribution in [1.82, 2.24) is 4.98 Å². The molecule has 6 rings (SSSR count). The van der Waals surface area contributed by atoms with Crippen LogP contribution in [0, 0.1) is 17.8 Å². The number of aliphatic hydroxyl groups is 1. The fourth-order valence-electron chi connectivity index (χ4n) is 6.93. The quantitative estimate of drug-likeness (QED) is 0.188. The van der Waals surface area contributed by atoms with Gasteiger partial charge in [0, 0.05) is 12.1 Å². The van der Waals surface area contributed by atoms with Crippen LogP contribution >= 0.6 is 0 Å². The highest BCUT2D eigenvalue weighted by Gasteiger charge is 2.57. The lowest BCUT2D eigenvalue weighted by Crippen LogP contribution is -2.35. The number of hydrogen-bond donors (Lipinski definition) is 3. The lowest BCUT2D eigenvalue weighted by atomic mass is 9.68. The molecule has 2 aliphatic heterocycles. The summed E-state index contributed by atoms with van der Waals surface area (Å²) >= 11 is 0. The van der Waals surface area contributed by atoms with Crippen molar-refractivity contribution in [3.63, 3.8) is 0 Å². The number of furan rings is 1. The Bertz CT molecular complexity index is 1560. The predicted molar refractivity (Wildman–Crippen MR) is 161 cm³/mol. The van der Waals surface area contributed by atoms with E-state index in [1.165, 1.54) is 16.5 Å². The van der Waals surface area contributed by atoms with Crippen LogP contribution in [-0.4, -0.2) is 51.8 Å². The molecular weight excluding hydrogens is 547 g/mol. The number of aliphatic hydroxyl groups excluding tert-OH is 1. The van der Waals surface area contributed by atoms with E-state index in [9.17, 15) is 24.7 Å². The lowest BCUT2D eigenvalue weighted by Gasteiger charge is -2.32. The third-order valence-electron chi connectivity index (χ3n) is 8.81. The van der Waals surface area contributed by atoms with Gasteiger partial charge in [-0.3, -0.25) is 19.5 Å². The molecule has 3 N–H and O–H groups in total. The molecule has 222 valence electrons. The van der Waals surface area contributed by atoms with Crippen molar-refractivity contribution in [2.45, 2.75) is 51.7 Å². The molecule has 0 unspecified atom stereocenters. The van der Waals surface area contributed by atoms with Crippen molar-refractivity contribution < 1.29 is 33.9 Å². The normalized spacial score (nSPS) is 23.6. The first-order valence-electron chi connectivity index (χ1n) is 14.9. The minimum atomic E-state index is -1.70. The maximum Gasteiger partial charge on any atom is 0.488 e. The second kappa shape index (κ2) is 12.4. The van der Waals surface area contributed by atoms with E-state index in [1.54, 1.807) is 30.5 Å². The Kier molecular flexibility index (Phi) is 8.45. The molecule has 0 saturated carbocycles. The van der Waals surface area contributed by atoms with Crippen LogP contribution < -0.4 is 10.4 Å². The number of nitrogens with zero attached hydrogens (tertiary/aromatic N) is 2. The number of imide groups is 1. The van der Waals surface area contributed by atoms with Gasteiger partial charge in [0.25, 0.3) is 0 Å². The molecule has 4 heterocycles. The van der Waals surface area contributed by atoms with E-state index in [0.717, 1.165) is 29.7 Å². The topological polar surface area (TPSA) is 133 Å². The number of fused-ring (bicyclic) bond motifs is 3. The Morgan fingerprint density at radius 1 is 1.09 bits per heavy atom. The van der Waals surface area contributed by atoms with Crippen molar-refractivity contribution in [3.05, 3.63) is 89.2 Å². The predicted octanol–water partition coefficient (Wildman–Crippen LogP) is 3.49. The van der Waals surface area contributed by atoms with E-state index < -0.39 is 19.0 Å². The van der Waals surface area contributed by atoms with Gasteiger partial charge in [-0.1, -0.05) is 37.1 Å². The molecule has 3 aromatic rings. The van der Waals surface area contributed by atoms with Gasteiger partial charge in [-0.25, -0.2) is 0 Å². The number of hydrogen-bond acceptors (Lipinski definition) is 8. The standard InChI is InChI=1S/C33H35BN2O7/c1-2-6-21-16-26-31(33(39)36(32(26)38)23-8-5-7-22(17-23)34(40)41)27-19-42-29(30(21)27)13-10-20(28-9-3-4-14-35-28)15-24-11-12-25(18-37)43-24/h3-5,7-9,11-12,14-15,17,26-27,29,31,37,40-41H,2,6,10,13,16,18-19H2,1H3/b20-15-/t26-,27+,29-,31-/m1/s1. The highest BCUT2D eigenvalue weighted by atomic mass is 16.5. The van der Waals surface area contributed by atoms with Gasteiger partial charge in [-0.15, -0.1) is 0 Å². The van der Waals surface area contributed by atoms with Gasteiger partial charge >= 0.3 is 7.12 Å². The van der Waals surface area contributed by atoms with E-state index in [2.05, 4.69) is 11.9 Å². The van der Waals surface area contributed by atoms with Crippen LogP contribution in [0.15, 0.2) is 76.4 Å². The number of ether oxygens (including phenoxy) is 1. The Morgan fingerprint density at radius 3 is 2.67 bits per heavy atom. The van der Waals surface area contributed by atoms with Gasteiger partial charge in [-0.05, 0) is 84.8 Å². The number of amides is 2. The zero-order chi connectivity index (χ0) is 30.1. The monoisotopic (exact) mass is 582 g/mol. The number of carbonyl (C=O) groups is 2. The third-order valence-corrected chi connectivity index (χ3v) is 8.81. The molecule has 2 fully saturated rings. The number of anilines is 1. The summed E-state index contributed by atoms with van der Waals surface area (Å²) in [6.07, 6.45) is 7.11. The second-order valence-corrected chi connectivity index (χ2v) is 11.4. The highest BCUT2D eigenvalue weighted by molar-refractivity contribution is 6.58. The minimum absolute atomic E-state index is 0.173. The average molecular weight is 582 g/mol. The number of allylic oxidation sites excluding steroid dienone is 2. The SMILES string of the molecule is CCCC1=C2[C@@H](CC/C(=C/c3ccc(CO)o3)c3ccccn3)OC[C@@H]2[C@@H]2C(=O)N(c3cccc(B(O)O)c3)C(=O)[C@@H]2C1. The van der Waals surface area contributed by atoms with Gasteiger partial charge in [0.05, 0.1) is 35.9 Å². The maximum absolute atomic E-state index is 13.9. The van der Waals surface area contributed by atoms with Crippen molar-refractivity contribution in [2.24, 2.45) is 17.8 Å². The van der Waals surface area contributed by atoms with Crippen LogP contribution in [0.5, 0.6) is 0 Å². The fraction of sp³-hybridized carbons (Fsp3) is 0.364. The number of aromatic nitrogens is 1. The third kappa shape index (κ3) is 5.63. The van der Waals surface area contributed by atoms with E-state index in [0.29, 0.717) is 43.1 Å². The summed E-state index contributed by atoms with van der Waals surface area (Å²) in [5.41, 5.74) is 4.75. The molecule has 1 aliphatic carbocycles. The molecule has 0 radical (unpaired) electrons. The summed E-state index contributed by atoms with van der Waals surface area (Å²) in [7, 11) is -1.70. The molecule has 1 aromatic carbocycles. The molecule has 10 heteroatoms. The molecule has 0 bridgehead atoms. The Morgan fingerprint density at radius 2 is 1.95 bits per heavy atom. The largest absolute Gasteiger partial charge is 0.488 e. The van der Waals surface area contributed by atoms with E-state index in [-0.39, 0.29) is 35.9 Å². The number of carbonyl (C=O) groups excluding carboxylic acids is 2. The van der Waals surface area contributed by atoms with Crippen LogP contribution in [0.3, 0.4) is 0 Å². The first-order valence-corrected chi connectivity index (χ1v) is 14.9. The summed E-state index contributed by atoms with van der Waals surface area (Å²) in [6, 6.07) is 15.6. The highest BCUT2D eigenvalue weighted by Crippen LogP contribution is 2.51. The summed E-state index contributed by atoms with van der Waals surface area (Å²) in [6.45, 7) is 2.32. The molecule has 43 heavy (non-hydrogen) atoms. The van der Waals surface area contributed by atoms with Crippen LogP contribution in [0.25, 0.3) is 11.6 Å². The van der Waals surface area contributed by atoms with Gasteiger partial charge in [0.15, 0.2) is 0 Å². The van der Waals surface area contributed by atoms with Crippen LogP contribution in [0.1, 0.15) is 56.2 Å². The van der Waals surface area contributed by atoms with Crippen LogP contribution in [0.4, 0.5) is 5.69 Å². The Hall–Kier alpha value is -3.83. The van der Waals surface area contributed by atoms with Gasteiger partial charge in [-0.2, -0.15) is 0 Å². The van der Waals surface area contributed by atoms with Crippen LogP contribution in [-0.2, 0) is 20.9 Å². The summed E-state index contributed by atoms with van der Waals surface area (Å²) < 4.78 is 12.1. The second-order valence-electron chi connectivity index (χ2n) is 11.4. The number of rotatable bonds is 10. The number of benzene rings is 1. The van der Waals surface area contributed by atoms with E-state index in [4.69, 9.17) is 9.15 Å². The first kappa shape index (κ1) is 29.3. The molecule has 2 aromatic heterocycles. The zero-order valence-electron chi connectivity index (χ0n) is 24.1. The summed E-state index contributed by atoms with van der Waals surface area (Å²) in [5, 5.41) is 28.7. The fourth-order valence-corrected chi connectivity index (χ4v) is 6.93. The molecule has 0 spiro atoms. The molecule has 3 aliphatic rings. The molecule has 9 nitrogen and oxygen atoms in total. The van der Waals surface area contributed by atoms with Crippen molar-refractivity contribution in [1.29, 1.82) is 0 Å². The smallest absolute Gasteiger partial charge is 0.459 e. The first-order chi connectivity index (χ1) is 20.9. The average Bonchev–Trinajstić information content (AvgIpc) is 3.72. The Labute approximate surface area is 250 Å². The van der Waals surface area contributed by atoms with Gasteiger partial charge in [0.2, 0.25) is 11.8 Å². The zero-order valence-corrected chi connectivity index (χ0v) is 24.1. The van der Waals surface area contributed by atoms with Crippen molar-refractivity contribution in [3.8, 4) is 0 Å². The molecule has 2 saturated heterocycles. The summed E-state index contributed by atoms with van der Waals surface area (Å²) in [5.74, 6) is -0.528. The molecular formula is C33H35BN2O7. The van der Waals surface area contributed by atoms with Crippen LogP contribution in [0.2, 0.25) is 0 Å². The minimum Gasteiger partial charge on any atom is -0.459 e. The lowest BCUT2D eigenvalue weighted by molar-refractivity contribution is -0.122. The molecule has 4 atom stereocenters. The maximum atomic E-state index is 13.9. The van der Waals surface area contributed by atoms with Gasteiger partial charge < -0.3 is 24.3 Å². The Balaban J connectivity index is 1.27. The summed E-state index contributed by atoms with van der Waals surface area (Å²) in [4.78, 5) is 33.4. The molecule has 2 amide bonds. The van der Waals surface area contributed by atoms with Gasteiger partial charge in [0.1, 0.15) is 18.1 Å². The van der Waals surface area contributed by atoms with Crippen molar-refractivity contribution in [2.75, 3.05) is 11.5 Å². The van der Waals surface area contributed by atoms with E-state index in [1.807, 2.05) is 30.3 Å². The van der Waals surface area contributed by atoms with E-state index >= 15 is 0 Å². The number of pyridine rings is 1.